The average Bonchev–Trinajstić information content (AvgIpc) is 2.46. The number of ether oxygens (including phenoxy) is 1. The highest BCUT2D eigenvalue weighted by atomic mass is 16.6. The van der Waals surface area contributed by atoms with Crippen molar-refractivity contribution in [3.8, 4) is 0 Å². The standard InChI is InChI=1S/C14H20N2O4/c1-4-11(2)15(7-8-20-3)13-5-6-14(16(18)19)12(9-13)10-17/h5-6,9-11H,4,7-8H2,1-3H3. The molecule has 0 aliphatic carbocycles. The summed E-state index contributed by atoms with van der Waals surface area (Å²) in [7, 11) is 1.63. The van der Waals surface area contributed by atoms with Gasteiger partial charge in [-0.3, -0.25) is 14.9 Å². The zero-order valence-corrected chi connectivity index (χ0v) is 12.0. The second kappa shape index (κ2) is 7.59. The predicted molar refractivity (Wildman–Crippen MR) is 77.5 cm³/mol. The fourth-order valence-corrected chi connectivity index (χ4v) is 2.00. The van der Waals surface area contributed by atoms with E-state index in [0.29, 0.717) is 19.4 Å². The lowest BCUT2D eigenvalue weighted by atomic mass is 10.1. The van der Waals surface area contributed by atoms with Gasteiger partial charge in [0.1, 0.15) is 0 Å². The summed E-state index contributed by atoms with van der Waals surface area (Å²) in [5.41, 5.74) is 0.724. The van der Waals surface area contributed by atoms with Crippen molar-refractivity contribution in [2.75, 3.05) is 25.2 Å². The van der Waals surface area contributed by atoms with E-state index in [9.17, 15) is 14.9 Å². The highest BCUT2D eigenvalue weighted by Gasteiger charge is 2.18. The van der Waals surface area contributed by atoms with Gasteiger partial charge in [-0.25, -0.2) is 0 Å². The Morgan fingerprint density at radius 2 is 2.20 bits per heavy atom. The molecule has 1 aromatic carbocycles. The Morgan fingerprint density at radius 3 is 2.70 bits per heavy atom. The van der Waals surface area contributed by atoms with Crippen molar-refractivity contribution in [1.82, 2.24) is 0 Å². The van der Waals surface area contributed by atoms with Gasteiger partial charge in [-0.15, -0.1) is 0 Å². The van der Waals surface area contributed by atoms with Crippen molar-refractivity contribution in [3.63, 3.8) is 0 Å². The molecule has 0 saturated carbocycles. The largest absolute Gasteiger partial charge is 0.383 e. The van der Waals surface area contributed by atoms with Gasteiger partial charge in [-0.1, -0.05) is 6.92 Å². The number of hydrogen-bond acceptors (Lipinski definition) is 5. The molecule has 1 atom stereocenters. The number of nitro groups is 1. The smallest absolute Gasteiger partial charge is 0.280 e. The fraction of sp³-hybridized carbons (Fsp3) is 0.500. The van der Waals surface area contributed by atoms with Gasteiger partial charge in [0.2, 0.25) is 0 Å². The van der Waals surface area contributed by atoms with Crippen LogP contribution in [0.1, 0.15) is 30.6 Å². The molecule has 110 valence electrons. The van der Waals surface area contributed by atoms with Crippen molar-refractivity contribution in [1.29, 1.82) is 0 Å². The maximum absolute atomic E-state index is 11.0. The van der Waals surface area contributed by atoms with Gasteiger partial charge < -0.3 is 9.64 Å². The summed E-state index contributed by atoms with van der Waals surface area (Å²) in [6, 6.07) is 4.87. The minimum absolute atomic E-state index is 0.0956. The molecule has 0 aliphatic rings. The fourth-order valence-electron chi connectivity index (χ4n) is 2.00. The van der Waals surface area contributed by atoms with E-state index in [1.165, 1.54) is 6.07 Å². The second-order valence-electron chi connectivity index (χ2n) is 4.56. The van der Waals surface area contributed by atoms with Crippen LogP contribution in [0.25, 0.3) is 0 Å². The van der Waals surface area contributed by atoms with Gasteiger partial charge in [0.05, 0.1) is 17.1 Å². The number of carbonyl (C=O) groups excluding carboxylic acids is 1. The number of benzene rings is 1. The van der Waals surface area contributed by atoms with Gasteiger partial charge in [-0.2, -0.15) is 0 Å². The van der Waals surface area contributed by atoms with Crippen LogP contribution in [-0.2, 0) is 4.74 Å². The third-order valence-corrected chi connectivity index (χ3v) is 3.33. The van der Waals surface area contributed by atoms with E-state index >= 15 is 0 Å². The molecule has 0 N–H and O–H groups in total. The van der Waals surface area contributed by atoms with Gasteiger partial charge in [0.25, 0.3) is 5.69 Å². The molecule has 1 rings (SSSR count). The average molecular weight is 280 g/mol. The Morgan fingerprint density at radius 1 is 1.50 bits per heavy atom. The molecule has 0 aromatic heterocycles. The molecule has 6 nitrogen and oxygen atoms in total. The number of hydrogen-bond donors (Lipinski definition) is 0. The lowest BCUT2D eigenvalue weighted by Crippen LogP contribution is -2.35. The highest BCUT2D eigenvalue weighted by Crippen LogP contribution is 2.25. The lowest BCUT2D eigenvalue weighted by molar-refractivity contribution is -0.385. The maximum atomic E-state index is 11.0. The van der Waals surface area contributed by atoms with E-state index in [0.717, 1.165) is 12.1 Å². The Balaban J connectivity index is 3.13. The van der Waals surface area contributed by atoms with Gasteiger partial charge >= 0.3 is 0 Å². The highest BCUT2D eigenvalue weighted by molar-refractivity contribution is 5.83. The van der Waals surface area contributed by atoms with Crippen LogP contribution >= 0.6 is 0 Å². The SMILES string of the molecule is CCC(C)N(CCOC)c1ccc([N+](=O)[O-])c(C=O)c1. The molecule has 6 heteroatoms. The molecule has 0 heterocycles. The van der Waals surface area contributed by atoms with Gasteiger partial charge in [0, 0.05) is 31.5 Å². The van der Waals surface area contributed by atoms with E-state index in [-0.39, 0.29) is 17.3 Å². The molecule has 0 saturated heterocycles. The zero-order valence-electron chi connectivity index (χ0n) is 12.0. The monoisotopic (exact) mass is 280 g/mol. The van der Waals surface area contributed by atoms with E-state index in [1.807, 2.05) is 0 Å². The number of anilines is 1. The number of nitro benzene ring substituents is 1. The summed E-state index contributed by atoms with van der Waals surface area (Å²) >= 11 is 0. The van der Waals surface area contributed by atoms with Crippen molar-refractivity contribution < 1.29 is 14.5 Å². The Kier molecular flexibility index (Phi) is 6.11. The summed E-state index contributed by atoms with van der Waals surface area (Å²) in [4.78, 5) is 23.4. The minimum Gasteiger partial charge on any atom is -0.383 e. The van der Waals surface area contributed by atoms with Crippen LogP contribution in [0.3, 0.4) is 0 Å². The van der Waals surface area contributed by atoms with Crippen molar-refractivity contribution >= 4 is 17.7 Å². The van der Waals surface area contributed by atoms with E-state index in [1.54, 1.807) is 19.2 Å². The van der Waals surface area contributed by atoms with E-state index < -0.39 is 4.92 Å². The first-order chi connectivity index (χ1) is 9.54. The van der Waals surface area contributed by atoms with Crippen LogP contribution < -0.4 is 4.90 Å². The number of rotatable bonds is 8. The first-order valence-corrected chi connectivity index (χ1v) is 6.54. The minimum atomic E-state index is -0.545. The van der Waals surface area contributed by atoms with Gasteiger partial charge in [-0.05, 0) is 25.5 Å². The van der Waals surface area contributed by atoms with Gasteiger partial charge in [0.15, 0.2) is 6.29 Å². The molecule has 0 radical (unpaired) electrons. The van der Waals surface area contributed by atoms with Crippen LogP contribution in [0, 0.1) is 10.1 Å². The predicted octanol–water partition coefficient (Wildman–Crippen LogP) is 2.66. The second-order valence-corrected chi connectivity index (χ2v) is 4.56. The summed E-state index contributed by atoms with van der Waals surface area (Å²) in [6.07, 6.45) is 1.45. The first kappa shape index (κ1) is 16.1. The zero-order chi connectivity index (χ0) is 15.1. The van der Waals surface area contributed by atoms with Crippen LogP contribution in [0.4, 0.5) is 11.4 Å². The normalized spacial score (nSPS) is 11.9. The molecule has 0 bridgehead atoms. The molecule has 1 aromatic rings. The molecular formula is C14H20N2O4. The van der Waals surface area contributed by atoms with Crippen LogP contribution in [0.5, 0.6) is 0 Å². The molecule has 1 unspecified atom stereocenters. The van der Waals surface area contributed by atoms with Crippen LogP contribution in [0.15, 0.2) is 18.2 Å². The number of carbonyl (C=O) groups is 1. The maximum Gasteiger partial charge on any atom is 0.280 e. The molecule has 0 aliphatic heterocycles. The third kappa shape index (κ3) is 3.77. The molecule has 0 spiro atoms. The first-order valence-electron chi connectivity index (χ1n) is 6.54. The Bertz CT molecular complexity index is 476. The molecule has 0 amide bonds. The van der Waals surface area contributed by atoms with Crippen molar-refractivity contribution in [2.24, 2.45) is 0 Å². The third-order valence-electron chi connectivity index (χ3n) is 3.33. The molecule has 0 fully saturated rings. The van der Waals surface area contributed by atoms with E-state index in [2.05, 4.69) is 18.7 Å². The Labute approximate surface area is 118 Å². The summed E-state index contributed by atoms with van der Waals surface area (Å²) in [5, 5.41) is 10.8. The number of methoxy groups -OCH3 is 1. The lowest BCUT2D eigenvalue weighted by Gasteiger charge is -2.30. The van der Waals surface area contributed by atoms with Crippen LogP contribution in [0.2, 0.25) is 0 Å². The summed E-state index contributed by atoms with van der Waals surface area (Å²) in [5.74, 6) is 0. The number of nitrogens with zero attached hydrogens (tertiary/aromatic N) is 2. The van der Waals surface area contributed by atoms with E-state index in [4.69, 9.17) is 4.74 Å². The Hall–Kier alpha value is -1.95. The quantitative estimate of drug-likeness (QED) is 0.416. The molecular weight excluding hydrogens is 260 g/mol. The summed E-state index contributed by atoms with van der Waals surface area (Å²) < 4.78 is 5.09. The topological polar surface area (TPSA) is 72.7 Å². The number of aldehydes is 1. The van der Waals surface area contributed by atoms with Crippen LogP contribution in [-0.4, -0.2) is 37.5 Å². The van der Waals surface area contributed by atoms with Crippen molar-refractivity contribution in [2.45, 2.75) is 26.3 Å². The molecule has 20 heavy (non-hydrogen) atoms. The summed E-state index contributed by atoms with van der Waals surface area (Å²) in [6.45, 7) is 5.35. The van der Waals surface area contributed by atoms with Crippen molar-refractivity contribution in [3.05, 3.63) is 33.9 Å².